The number of carboxylic acids is 1. The van der Waals surface area contributed by atoms with E-state index in [1.165, 1.54) is 33.5 Å². The fraction of sp³-hybridized carbons (Fsp3) is 0.250. The van der Waals surface area contributed by atoms with Gasteiger partial charge >= 0.3 is 12.0 Å². The number of benzene rings is 1. The summed E-state index contributed by atoms with van der Waals surface area (Å²) in [6, 6.07) is 6.07. The second kappa shape index (κ2) is 7.95. The maximum atomic E-state index is 11.7. The smallest absolute Gasteiger partial charge is 0.340 e. The van der Waals surface area contributed by atoms with Crippen LogP contribution in [0.3, 0.4) is 0 Å². The summed E-state index contributed by atoms with van der Waals surface area (Å²) in [4.78, 5) is 24.5. The number of aromatic carboxylic acids is 1. The van der Waals surface area contributed by atoms with Crippen molar-refractivity contribution in [3.05, 3.63) is 35.4 Å². The van der Waals surface area contributed by atoms with E-state index in [1.807, 2.05) is 0 Å². The van der Waals surface area contributed by atoms with Crippen LogP contribution in [0.5, 0.6) is 23.5 Å². The molecular formula is C16H17N3O6. The highest BCUT2D eigenvalue weighted by atomic mass is 16.6. The average Bonchev–Trinajstić information content (AvgIpc) is 2.61. The van der Waals surface area contributed by atoms with E-state index >= 15 is 0 Å². The highest BCUT2D eigenvalue weighted by Gasteiger charge is 2.20. The molecule has 0 amide bonds. The van der Waals surface area contributed by atoms with Gasteiger partial charge in [0.2, 0.25) is 11.8 Å². The lowest BCUT2D eigenvalue weighted by Crippen LogP contribution is -2.10. The topological polar surface area (TPSA) is 112 Å². The number of carbonyl (C=O) groups is 1. The monoisotopic (exact) mass is 347 g/mol. The van der Waals surface area contributed by atoms with Crippen molar-refractivity contribution < 1.29 is 28.9 Å². The molecular weight excluding hydrogens is 330 g/mol. The van der Waals surface area contributed by atoms with Crippen molar-refractivity contribution >= 4 is 11.7 Å². The first kappa shape index (κ1) is 18.0. The van der Waals surface area contributed by atoms with Gasteiger partial charge in [-0.1, -0.05) is 17.3 Å². The summed E-state index contributed by atoms with van der Waals surface area (Å²) in [7, 11) is 4.24. The Balaban J connectivity index is 2.51. The van der Waals surface area contributed by atoms with Gasteiger partial charge in [-0.05, 0) is 13.0 Å². The van der Waals surface area contributed by atoms with Crippen LogP contribution in [0.4, 0.5) is 0 Å². The zero-order valence-corrected chi connectivity index (χ0v) is 14.1. The van der Waals surface area contributed by atoms with Gasteiger partial charge in [-0.15, -0.1) is 0 Å². The minimum absolute atomic E-state index is 0.0472. The van der Waals surface area contributed by atoms with Crippen molar-refractivity contribution in [1.29, 1.82) is 0 Å². The van der Waals surface area contributed by atoms with Gasteiger partial charge < -0.3 is 24.2 Å². The van der Waals surface area contributed by atoms with E-state index in [0.717, 1.165) is 0 Å². The van der Waals surface area contributed by atoms with Gasteiger partial charge in [-0.3, -0.25) is 0 Å². The average molecular weight is 347 g/mol. The van der Waals surface area contributed by atoms with Gasteiger partial charge in [-0.25, -0.2) is 4.79 Å². The number of carboxylic acid groups (broad SMARTS) is 1. The molecule has 0 spiro atoms. The minimum atomic E-state index is -1.19. The number of ether oxygens (including phenoxy) is 3. The lowest BCUT2D eigenvalue weighted by atomic mass is 10.0. The Hall–Kier alpha value is -3.36. The molecule has 1 N–H and O–H groups in total. The number of nitrogens with zero attached hydrogens (tertiary/aromatic N) is 3. The third-order valence-electron chi connectivity index (χ3n) is 3.14. The number of hydrogen-bond acceptors (Lipinski definition) is 8. The fourth-order valence-electron chi connectivity index (χ4n) is 2.06. The van der Waals surface area contributed by atoms with Crippen LogP contribution in [0.25, 0.3) is 0 Å². The zero-order chi connectivity index (χ0) is 18.4. The molecule has 1 aromatic carbocycles. The third kappa shape index (κ3) is 4.14. The summed E-state index contributed by atoms with van der Waals surface area (Å²) in [5, 5.41) is 13.3. The van der Waals surface area contributed by atoms with Crippen molar-refractivity contribution in [2.45, 2.75) is 6.92 Å². The molecule has 0 bridgehead atoms. The quantitative estimate of drug-likeness (QED) is 0.600. The highest BCUT2D eigenvalue weighted by molar-refractivity contribution is 6.08. The summed E-state index contributed by atoms with van der Waals surface area (Å²) < 4.78 is 15.7. The van der Waals surface area contributed by atoms with Crippen molar-refractivity contribution in [2.75, 3.05) is 21.3 Å². The van der Waals surface area contributed by atoms with E-state index in [1.54, 1.807) is 19.1 Å². The fourth-order valence-corrected chi connectivity index (χ4v) is 2.06. The highest BCUT2D eigenvalue weighted by Crippen LogP contribution is 2.29. The Morgan fingerprint density at radius 1 is 1.12 bits per heavy atom. The Morgan fingerprint density at radius 3 is 2.28 bits per heavy atom. The van der Waals surface area contributed by atoms with Crippen LogP contribution in [-0.2, 0) is 4.84 Å². The molecule has 0 atom stereocenters. The van der Waals surface area contributed by atoms with E-state index < -0.39 is 5.97 Å². The zero-order valence-electron chi connectivity index (χ0n) is 14.1. The first-order valence-electron chi connectivity index (χ1n) is 7.09. The van der Waals surface area contributed by atoms with E-state index in [9.17, 15) is 9.90 Å². The Kier molecular flexibility index (Phi) is 5.72. The Morgan fingerprint density at radius 2 is 1.76 bits per heavy atom. The van der Waals surface area contributed by atoms with Crippen LogP contribution >= 0.6 is 0 Å². The summed E-state index contributed by atoms with van der Waals surface area (Å²) in [5.74, 6) is -0.712. The number of hydrogen-bond donors (Lipinski definition) is 1. The van der Waals surface area contributed by atoms with Crippen LogP contribution in [0, 0.1) is 0 Å². The first-order valence-corrected chi connectivity index (χ1v) is 7.09. The van der Waals surface area contributed by atoms with Crippen molar-refractivity contribution in [1.82, 2.24) is 9.97 Å². The molecule has 0 radical (unpaired) electrons. The molecule has 25 heavy (non-hydrogen) atoms. The van der Waals surface area contributed by atoms with Crippen LogP contribution in [0.2, 0.25) is 0 Å². The third-order valence-corrected chi connectivity index (χ3v) is 3.14. The molecule has 0 saturated heterocycles. The SMILES string of the molecule is CO/N=C(\C)c1cccc(Oc2nc(OC)cc(OC)n2)c1C(=O)O. The predicted octanol–water partition coefficient (Wildman–Crippen LogP) is 2.35. The van der Waals surface area contributed by atoms with Gasteiger partial charge in [0.15, 0.2) is 0 Å². The number of rotatable bonds is 7. The molecule has 0 unspecified atom stereocenters. The van der Waals surface area contributed by atoms with Gasteiger partial charge in [-0.2, -0.15) is 9.97 Å². The summed E-state index contributed by atoms with van der Waals surface area (Å²) in [6.45, 7) is 1.63. The van der Waals surface area contributed by atoms with Gasteiger partial charge in [0.05, 0.1) is 26.0 Å². The molecule has 0 fully saturated rings. The summed E-state index contributed by atoms with van der Waals surface area (Å²) in [5.41, 5.74) is 0.641. The van der Waals surface area contributed by atoms with E-state index in [0.29, 0.717) is 11.3 Å². The largest absolute Gasteiger partial charge is 0.481 e. The summed E-state index contributed by atoms with van der Waals surface area (Å²) >= 11 is 0. The molecule has 1 aromatic heterocycles. The predicted molar refractivity (Wildman–Crippen MR) is 87.8 cm³/mol. The minimum Gasteiger partial charge on any atom is -0.481 e. The van der Waals surface area contributed by atoms with E-state index in [-0.39, 0.29) is 29.1 Å². The first-order chi connectivity index (χ1) is 12.0. The molecule has 0 aliphatic carbocycles. The van der Waals surface area contributed by atoms with Gasteiger partial charge in [0.1, 0.15) is 18.4 Å². The Bertz CT molecular complexity index is 784. The standard InChI is InChI=1S/C16H17N3O6/c1-9(19-24-4)10-6-5-7-11(14(10)15(20)21)25-16-17-12(22-2)8-13(18-16)23-3/h5-8H,1-4H3,(H,20,21)/b19-9+. The number of oxime groups is 1. The molecule has 2 rings (SSSR count). The maximum Gasteiger partial charge on any atom is 0.340 e. The molecule has 9 nitrogen and oxygen atoms in total. The van der Waals surface area contributed by atoms with Gasteiger partial charge in [0.25, 0.3) is 0 Å². The molecule has 0 aliphatic rings. The second-order valence-electron chi connectivity index (χ2n) is 4.68. The molecule has 0 saturated carbocycles. The molecule has 9 heteroatoms. The summed E-state index contributed by atoms with van der Waals surface area (Å²) in [6.07, 6.45) is 0. The van der Waals surface area contributed by atoms with Gasteiger partial charge in [0, 0.05) is 5.56 Å². The Labute approximate surface area is 143 Å². The number of methoxy groups -OCH3 is 2. The van der Waals surface area contributed by atoms with Crippen LogP contribution < -0.4 is 14.2 Å². The van der Waals surface area contributed by atoms with Crippen molar-refractivity contribution in [3.8, 4) is 23.5 Å². The van der Waals surface area contributed by atoms with Crippen molar-refractivity contribution in [3.63, 3.8) is 0 Å². The molecule has 1 heterocycles. The second-order valence-corrected chi connectivity index (χ2v) is 4.68. The van der Waals surface area contributed by atoms with Crippen LogP contribution in [-0.4, -0.2) is 48.1 Å². The van der Waals surface area contributed by atoms with Crippen LogP contribution in [0.1, 0.15) is 22.8 Å². The molecule has 132 valence electrons. The normalized spacial score (nSPS) is 11.0. The lowest BCUT2D eigenvalue weighted by Gasteiger charge is -2.12. The van der Waals surface area contributed by atoms with Crippen LogP contribution in [0.15, 0.2) is 29.4 Å². The number of aromatic nitrogens is 2. The molecule has 2 aromatic rings. The maximum absolute atomic E-state index is 11.7. The van der Waals surface area contributed by atoms with E-state index in [2.05, 4.69) is 15.1 Å². The molecule has 0 aliphatic heterocycles. The van der Waals surface area contributed by atoms with Crippen molar-refractivity contribution in [2.24, 2.45) is 5.16 Å². The lowest BCUT2D eigenvalue weighted by molar-refractivity contribution is 0.0693. The van der Waals surface area contributed by atoms with E-state index in [4.69, 9.17) is 19.0 Å².